The molecule has 0 saturated heterocycles. The fraction of sp³-hybridized carbons (Fsp3) is 0.375. The van der Waals surface area contributed by atoms with Crippen LogP contribution in [0.3, 0.4) is 0 Å². The van der Waals surface area contributed by atoms with Crippen LogP contribution < -0.4 is 0 Å². The van der Waals surface area contributed by atoms with Crippen LogP contribution in [0.25, 0.3) is 0 Å². The molecule has 0 aromatic carbocycles. The van der Waals surface area contributed by atoms with Crippen LogP contribution in [0.15, 0.2) is 27.8 Å². The van der Waals surface area contributed by atoms with Crippen molar-refractivity contribution in [3.63, 3.8) is 0 Å². The number of thioether (sulfide) groups is 1. The molecule has 0 saturated carbocycles. The Hall–Kier alpha value is -0.700. The minimum absolute atomic E-state index is 0.213. The zero-order chi connectivity index (χ0) is 7.68. The Kier molecular flexibility index (Phi) is 1.74. The lowest BCUT2D eigenvalue weighted by Gasteiger charge is -1.99. The molecule has 0 radical (unpaired) electrons. The van der Waals surface area contributed by atoms with Gasteiger partial charge in [-0.25, -0.2) is 0 Å². The zero-order valence-electron chi connectivity index (χ0n) is 6.28. The third kappa shape index (κ3) is 1.33. The average molecular weight is 167 g/mol. The van der Waals surface area contributed by atoms with Crippen molar-refractivity contribution in [2.45, 2.75) is 12.3 Å². The third-order valence-electron chi connectivity index (χ3n) is 1.57. The second-order valence-corrected chi connectivity index (χ2v) is 3.61. The van der Waals surface area contributed by atoms with Crippen molar-refractivity contribution >= 4 is 17.5 Å². The highest BCUT2D eigenvalue weighted by Gasteiger charge is 2.18. The predicted molar refractivity (Wildman–Crippen MR) is 47.0 cm³/mol. The molecular weight excluding hydrogens is 158 g/mol. The Morgan fingerprint density at radius 1 is 1.73 bits per heavy atom. The van der Waals surface area contributed by atoms with Crippen LogP contribution in [-0.2, 0) is 0 Å². The smallest absolute Gasteiger partial charge is 0.153 e. The number of furan rings is 1. The Bertz CT molecular complexity index is 266. The SMILES string of the molecule is CC1=NC(c2ccco2)SC1. The Morgan fingerprint density at radius 3 is 3.18 bits per heavy atom. The van der Waals surface area contributed by atoms with Gasteiger partial charge in [-0.2, -0.15) is 0 Å². The molecule has 1 aromatic rings. The first-order valence-electron chi connectivity index (χ1n) is 3.54. The summed E-state index contributed by atoms with van der Waals surface area (Å²) >= 11 is 1.81. The van der Waals surface area contributed by atoms with E-state index in [1.807, 2.05) is 23.9 Å². The van der Waals surface area contributed by atoms with Gasteiger partial charge in [0.05, 0.1) is 6.26 Å². The summed E-state index contributed by atoms with van der Waals surface area (Å²) in [6, 6.07) is 3.87. The number of hydrogen-bond donors (Lipinski definition) is 0. The third-order valence-corrected chi connectivity index (χ3v) is 2.81. The maximum Gasteiger partial charge on any atom is 0.153 e. The van der Waals surface area contributed by atoms with Crippen LogP contribution >= 0.6 is 11.8 Å². The number of aliphatic imine (C=N–C) groups is 1. The van der Waals surface area contributed by atoms with Crippen molar-refractivity contribution in [1.82, 2.24) is 0 Å². The van der Waals surface area contributed by atoms with Gasteiger partial charge in [-0.1, -0.05) is 0 Å². The molecule has 1 unspecified atom stereocenters. The summed E-state index contributed by atoms with van der Waals surface area (Å²) in [6.07, 6.45) is 1.69. The quantitative estimate of drug-likeness (QED) is 0.642. The van der Waals surface area contributed by atoms with Crippen LogP contribution in [0.1, 0.15) is 18.1 Å². The molecule has 1 aliphatic rings. The van der Waals surface area contributed by atoms with E-state index in [-0.39, 0.29) is 5.37 Å². The number of rotatable bonds is 1. The highest BCUT2D eigenvalue weighted by molar-refractivity contribution is 8.00. The first-order valence-corrected chi connectivity index (χ1v) is 4.59. The van der Waals surface area contributed by atoms with E-state index in [1.54, 1.807) is 6.26 Å². The fourth-order valence-corrected chi connectivity index (χ4v) is 2.08. The van der Waals surface area contributed by atoms with Gasteiger partial charge in [0.25, 0.3) is 0 Å². The minimum Gasteiger partial charge on any atom is -0.466 e. The second-order valence-electron chi connectivity index (χ2n) is 2.54. The van der Waals surface area contributed by atoms with E-state index in [1.165, 1.54) is 5.71 Å². The molecule has 1 atom stereocenters. The molecule has 1 aliphatic heterocycles. The van der Waals surface area contributed by atoms with Gasteiger partial charge in [-0.15, -0.1) is 11.8 Å². The maximum absolute atomic E-state index is 5.24. The Balaban J connectivity index is 2.20. The van der Waals surface area contributed by atoms with Crippen LogP contribution in [-0.4, -0.2) is 11.5 Å². The Labute approximate surface area is 69.7 Å². The molecule has 2 nitrogen and oxygen atoms in total. The van der Waals surface area contributed by atoms with Gasteiger partial charge in [-0.05, 0) is 19.1 Å². The topological polar surface area (TPSA) is 25.5 Å². The highest BCUT2D eigenvalue weighted by Crippen LogP contribution is 2.35. The van der Waals surface area contributed by atoms with Crippen molar-refractivity contribution in [3.8, 4) is 0 Å². The van der Waals surface area contributed by atoms with Crippen molar-refractivity contribution in [3.05, 3.63) is 24.2 Å². The molecule has 0 fully saturated rings. The molecule has 0 spiro atoms. The maximum atomic E-state index is 5.24. The predicted octanol–water partition coefficient (Wildman–Crippen LogP) is 2.49. The summed E-state index contributed by atoms with van der Waals surface area (Å²) in [5.74, 6) is 2.00. The molecule has 2 rings (SSSR count). The van der Waals surface area contributed by atoms with Crippen LogP contribution in [0.4, 0.5) is 0 Å². The summed E-state index contributed by atoms with van der Waals surface area (Å²) < 4.78 is 5.24. The van der Waals surface area contributed by atoms with Gasteiger partial charge in [0.15, 0.2) is 5.37 Å². The normalized spacial score (nSPS) is 23.7. The highest BCUT2D eigenvalue weighted by atomic mass is 32.2. The first kappa shape index (κ1) is 6.98. The molecule has 0 aliphatic carbocycles. The van der Waals surface area contributed by atoms with Gasteiger partial charge in [0.2, 0.25) is 0 Å². The summed E-state index contributed by atoms with van der Waals surface area (Å²) in [4.78, 5) is 4.42. The molecule has 0 bridgehead atoms. The molecule has 1 aromatic heterocycles. The van der Waals surface area contributed by atoms with Crippen molar-refractivity contribution in [2.24, 2.45) is 4.99 Å². The molecular formula is C8H9NOS. The van der Waals surface area contributed by atoms with Crippen molar-refractivity contribution in [1.29, 1.82) is 0 Å². The lowest BCUT2D eigenvalue weighted by molar-refractivity contribution is 0.510. The lowest BCUT2D eigenvalue weighted by Crippen LogP contribution is -1.84. The van der Waals surface area contributed by atoms with Crippen LogP contribution in [0, 0.1) is 0 Å². The summed E-state index contributed by atoms with van der Waals surface area (Å²) in [6.45, 7) is 2.05. The van der Waals surface area contributed by atoms with E-state index in [0.717, 1.165) is 11.5 Å². The molecule has 0 N–H and O–H groups in total. The lowest BCUT2D eigenvalue weighted by atomic mass is 10.4. The number of hydrogen-bond acceptors (Lipinski definition) is 3. The van der Waals surface area contributed by atoms with Gasteiger partial charge in [-0.3, -0.25) is 4.99 Å². The fourth-order valence-electron chi connectivity index (χ4n) is 1.05. The van der Waals surface area contributed by atoms with Gasteiger partial charge >= 0.3 is 0 Å². The van der Waals surface area contributed by atoms with E-state index in [9.17, 15) is 0 Å². The van der Waals surface area contributed by atoms with E-state index in [2.05, 4.69) is 11.9 Å². The number of nitrogens with zero attached hydrogens (tertiary/aromatic N) is 1. The van der Waals surface area contributed by atoms with Crippen molar-refractivity contribution < 1.29 is 4.42 Å². The van der Waals surface area contributed by atoms with E-state index in [4.69, 9.17) is 4.42 Å². The monoisotopic (exact) mass is 167 g/mol. The van der Waals surface area contributed by atoms with Crippen LogP contribution in [0.2, 0.25) is 0 Å². The Morgan fingerprint density at radius 2 is 2.64 bits per heavy atom. The molecule has 2 heterocycles. The van der Waals surface area contributed by atoms with Crippen LogP contribution in [0.5, 0.6) is 0 Å². The van der Waals surface area contributed by atoms with Crippen molar-refractivity contribution in [2.75, 3.05) is 5.75 Å². The van der Waals surface area contributed by atoms with E-state index >= 15 is 0 Å². The molecule has 11 heavy (non-hydrogen) atoms. The summed E-state index contributed by atoms with van der Waals surface area (Å²) in [7, 11) is 0. The van der Waals surface area contributed by atoms with Gasteiger partial charge < -0.3 is 4.42 Å². The average Bonchev–Trinajstić information content (AvgIpc) is 2.55. The minimum atomic E-state index is 0.213. The summed E-state index contributed by atoms with van der Waals surface area (Å²) in [5.41, 5.74) is 1.21. The largest absolute Gasteiger partial charge is 0.466 e. The van der Waals surface area contributed by atoms with Gasteiger partial charge in [0, 0.05) is 11.5 Å². The molecule has 0 amide bonds. The van der Waals surface area contributed by atoms with Gasteiger partial charge in [0.1, 0.15) is 5.76 Å². The summed E-state index contributed by atoms with van der Waals surface area (Å²) in [5, 5.41) is 0.213. The van der Waals surface area contributed by atoms with E-state index < -0.39 is 0 Å². The molecule has 3 heteroatoms. The zero-order valence-corrected chi connectivity index (χ0v) is 7.10. The standard InChI is InChI=1S/C8H9NOS/c1-6-5-11-8(9-6)7-3-2-4-10-7/h2-4,8H,5H2,1H3. The second kappa shape index (κ2) is 2.74. The van der Waals surface area contributed by atoms with E-state index in [0.29, 0.717) is 0 Å². The first-order chi connectivity index (χ1) is 5.36. The molecule has 58 valence electrons.